The van der Waals surface area contributed by atoms with Gasteiger partial charge in [-0.3, -0.25) is 9.78 Å². The first kappa shape index (κ1) is 19.0. The molecule has 140 valence electrons. The van der Waals surface area contributed by atoms with Crippen LogP contribution in [0.25, 0.3) is 10.7 Å². The Morgan fingerprint density at radius 2 is 2.15 bits per heavy atom. The number of carbonyl (C=O) groups is 1. The number of thiazole rings is 1. The molecule has 0 unspecified atom stereocenters. The van der Waals surface area contributed by atoms with Crippen molar-refractivity contribution in [1.29, 1.82) is 0 Å². The molecule has 26 heavy (non-hydrogen) atoms. The van der Waals surface area contributed by atoms with Crippen LogP contribution in [0.15, 0.2) is 29.8 Å². The van der Waals surface area contributed by atoms with Crippen LogP contribution in [-0.2, 0) is 11.2 Å². The van der Waals surface area contributed by atoms with Crippen LogP contribution in [0, 0.1) is 0 Å². The van der Waals surface area contributed by atoms with E-state index >= 15 is 0 Å². The Morgan fingerprint density at radius 1 is 1.31 bits per heavy atom. The van der Waals surface area contributed by atoms with E-state index in [0.29, 0.717) is 6.42 Å². The Labute approximate surface area is 159 Å². The fraction of sp³-hybridized carbons (Fsp3) is 0.550. The third kappa shape index (κ3) is 5.61. The molecule has 0 atom stereocenters. The van der Waals surface area contributed by atoms with Crippen molar-refractivity contribution in [3.63, 3.8) is 0 Å². The van der Waals surface area contributed by atoms with Gasteiger partial charge in [-0.1, -0.05) is 25.3 Å². The van der Waals surface area contributed by atoms with Crippen molar-refractivity contribution in [1.82, 2.24) is 20.2 Å². The number of nitrogens with zero attached hydrogens (tertiary/aromatic N) is 3. The maximum Gasteiger partial charge on any atom is 0.226 e. The number of pyridine rings is 1. The van der Waals surface area contributed by atoms with E-state index in [-0.39, 0.29) is 5.91 Å². The number of hydrogen-bond donors (Lipinski definition) is 1. The lowest BCUT2D eigenvalue weighted by Crippen LogP contribution is -2.36. The third-order valence-electron chi connectivity index (χ3n) is 4.99. The van der Waals surface area contributed by atoms with Gasteiger partial charge in [0, 0.05) is 24.2 Å². The van der Waals surface area contributed by atoms with Crippen LogP contribution in [0.2, 0.25) is 0 Å². The molecule has 0 aromatic carbocycles. The zero-order valence-electron chi connectivity index (χ0n) is 15.5. The molecule has 3 rings (SSSR count). The van der Waals surface area contributed by atoms with Gasteiger partial charge in [-0.15, -0.1) is 11.3 Å². The van der Waals surface area contributed by atoms with E-state index in [0.717, 1.165) is 41.9 Å². The third-order valence-corrected chi connectivity index (χ3v) is 5.90. The average Bonchev–Trinajstić information content (AvgIpc) is 3.15. The Balaban J connectivity index is 1.36. The minimum Gasteiger partial charge on any atom is -0.356 e. The fourth-order valence-electron chi connectivity index (χ4n) is 3.48. The second-order valence-electron chi connectivity index (χ2n) is 7.01. The summed E-state index contributed by atoms with van der Waals surface area (Å²) < 4.78 is 0. The molecule has 0 spiro atoms. The first-order valence-electron chi connectivity index (χ1n) is 9.55. The van der Waals surface area contributed by atoms with E-state index in [9.17, 15) is 4.79 Å². The summed E-state index contributed by atoms with van der Waals surface area (Å²) >= 11 is 1.53. The monoisotopic (exact) mass is 372 g/mol. The second-order valence-corrected chi connectivity index (χ2v) is 7.87. The van der Waals surface area contributed by atoms with Crippen LogP contribution in [0.3, 0.4) is 0 Å². The molecule has 0 aliphatic heterocycles. The number of rotatable bonds is 8. The smallest absolute Gasteiger partial charge is 0.226 e. The number of nitrogens with one attached hydrogen (secondary N) is 1. The molecule has 5 nitrogen and oxygen atoms in total. The van der Waals surface area contributed by atoms with Crippen molar-refractivity contribution in [2.45, 2.75) is 51.0 Å². The molecule has 1 saturated carbocycles. The fourth-order valence-corrected chi connectivity index (χ4v) is 4.28. The molecular weight excluding hydrogens is 344 g/mol. The lowest BCUT2D eigenvalue weighted by Gasteiger charge is -2.31. The standard InChI is InChI=1S/C20H28N4OS/c1-24(17-8-3-2-4-9-17)13-7-12-22-19(25)14-16-15-26-20(23-16)18-10-5-6-11-21-18/h5-6,10-11,15,17H,2-4,7-9,12-14H2,1H3,(H,22,25). The number of carbonyl (C=O) groups excluding carboxylic acids is 1. The minimum atomic E-state index is 0.0446. The highest BCUT2D eigenvalue weighted by molar-refractivity contribution is 7.13. The molecule has 0 radical (unpaired) electrons. The summed E-state index contributed by atoms with van der Waals surface area (Å²) in [6, 6.07) is 6.50. The highest BCUT2D eigenvalue weighted by atomic mass is 32.1. The van der Waals surface area contributed by atoms with Crippen LogP contribution in [0.4, 0.5) is 0 Å². The van der Waals surface area contributed by atoms with E-state index < -0.39 is 0 Å². The van der Waals surface area contributed by atoms with Crippen LogP contribution < -0.4 is 5.32 Å². The highest BCUT2D eigenvalue weighted by Gasteiger charge is 2.17. The summed E-state index contributed by atoms with van der Waals surface area (Å²) in [5.74, 6) is 0.0446. The van der Waals surface area contributed by atoms with E-state index in [1.165, 1.54) is 43.4 Å². The van der Waals surface area contributed by atoms with Gasteiger partial charge in [-0.25, -0.2) is 4.98 Å². The van der Waals surface area contributed by atoms with Crippen molar-refractivity contribution in [3.8, 4) is 10.7 Å². The van der Waals surface area contributed by atoms with E-state index in [1.54, 1.807) is 6.20 Å². The molecule has 1 aliphatic carbocycles. The van der Waals surface area contributed by atoms with Gasteiger partial charge in [0.25, 0.3) is 0 Å². The summed E-state index contributed by atoms with van der Waals surface area (Å²) in [7, 11) is 2.21. The minimum absolute atomic E-state index is 0.0446. The van der Waals surface area contributed by atoms with Gasteiger partial charge in [-0.05, 0) is 45.0 Å². The van der Waals surface area contributed by atoms with Crippen molar-refractivity contribution in [2.24, 2.45) is 0 Å². The number of hydrogen-bond acceptors (Lipinski definition) is 5. The lowest BCUT2D eigenvalue weighted by atomic mass is 9.94. The van der Waals surface area contributed by atoms with Gasteiger partial charge in [-0.2, -0.15) is 0 Å². The summed E-state index contributed by atoms with van der Waals surface area (Å²) in [5, 5.41) is 5.83. The normalized spacial score (nSPS) is 15.3. The summed E-state index contributed by atoms with van der Waals surface area (Å²) in [6.45, 7) is 1.78. The maximum atomic E-state index is 12.1. The first-order valence-corrected chi connectivity index (χ1v) is 10.4. The Hall–Kier alpha value is -1.79. The van der Waals surface area contributed by atoms with Crippen LogP contribution >= 0.6 is 11.3 Å². The van der Waals surface area contributed by atoms with Gasteiger partial charge in [0.1, 0.15) is 5.01 Å². The summed E-state index contributed by atoms with van der Waals surface area (Å²) in [6.07, 6.45) is 9.85. The quantitative estimate of drug-likeness (QED) is 0.720. The van der Waals surface area contributed by atoms with Gasteiger partial charge < -0.3 is 10.2 Å². The molecule has 2 aromatic rings. The lowest BCUT2D eigenvalue weighted by molar-refractivity contribution is -0.120. The predicted molar refractivity (Wildman–Crippen MR) is 106 cm³/mol. The Kier molecular flexibility index (Phi) is 7.14. The molecule has 1 fully saturated rings. The van der Waals surface area contributed by atoms with Gasteiger partial charge in [0.2, 0.25) is 5.91 Å². The molecule has 2 aromatic heterocycles. The first-order chi connectivity index (χ1) is 12.7. The van der Waals surface area contributed by atoms with Crippen molar-refractivity contribution in [2.75, 3.05) is 20.1 Å². The molecule has 1 aliphatic rings. The largest absolute Gasteiger partial charge is 0.356 e. The van der Waals surface area contributed by atoms with Gasteiger partial charge >= 0.3 is 0 Å². The summed E-state index contributed by atoms with van der Waals surface area (Å²) in [4.78, 5) is 23.4. The molecule has 6 heteroatoms. The van der Waals surface area contributed by atoms with Crippen LogP contribution in [-0.4, -0.2) is 47.0 Å². The Bertz CT molecular complexity index is 682. The van der Waals surface area contributed by atoms with Crippen LogP contribution in [0.5, 0.6) is 0 Å². The molecule has 0 bridgehead atoms. The second kappa shape index (κ2) is 9.78. The number of aromatic nitrogens is 2. The molecule has 2 heterocycles. The van der Waals surface area contributed by atoms with E-state index in [4.69, 9.17) is 0 Å². The molecule has 1 amide bonds. The van der Waals surface area contributed by atoms with Gasteiger partial charge in [0.15, 0.2) is 0 Å². The van der Waals surface area contributed by atoms with Crippen LogP contribution in [0.1, 0.15) is 44.2 Å². The Morgan fingerprint density at radius 3 is 2.92 bits per heavy atom. The summed E-state index contributed by atoms with van der Waals surface area (Å²) in [5.41, 5.74) is 1.67. The topological polar surface area (TPSA) is 58.1 Å². The zero-order valence-corrected chi connectivity index (χ0v) is 16.3. The molecule has 0 saturated heterocycles. The van der Waals surface area contributed by atoms with Crippen molar-refractivity contribution >= 4 is 17.2 Å². The predicted octanol–water partition coefficient (Wildman–Crippen LogP) is 3.52. The number of amides is 1. The molecule has 1 N–H and O–H groups in total. The van der Waals surface area contributed by atoms with Crippen molar-refractivity contribution < 1.29 is 4.79 Å². The molecular formula is C20H28N4OS. The van der Waals surface area contributed by atoms with E-state index in [1.807, 2.05) is 23.6 Å². The van der Waals surface area contributed by atoms with Crippen molar-refractivity contribution in [3.05, 3.63) is 35.5 Å². The SMILES string of the molecule is CN(CCCNC(=O)Cc1csc(-c2ccccn2)n1)C1CCCCC1. The van der Waals surface area contributed by atoms with Gasteiger partial charge in [0.05, 0.1) is 17.8 Å². The highest BCUT2D eigenvalue weighted by Crippen LogP contribution is 2.22. The zero-order chi connectivity index (χ0) is 18.2. The average molecular weight is 373 g/mol. The maximum absolute atomic E-state index is 12.1. The van der Waals surface area contributed by atoms with E-state index in [2.05, 4.69) is 27.2 Å².